The molecule has 0 spiro atoms. The van der Waals surface area contributed by atoms with Crippen LogP contribution in [0.15, 0.2) is 11.2 Å². The van der Waals surface area contributed by atoms with E-state index in [2.05, 4.69) is 25.9 Å². The Morgan fingerprint density at radius 1 is 1.26 bits per heavy atom. The zero-order chi connectivity index (χ0) is 14.1. The molecule has 0 radical (unpaired) electrons. The van der Waals surface area contributed by atoms with Crippen LogP contribution in [0.2, 0.25) is 0 Å². The van der Waals surface area contributed by atoms with Crippen LogP contribution in [0.25, 0.3) is 0 Å². The summed E-state index contributed by atoms with van der Waals surface area (Å²) < 4.78 is 0. The molecule has 0 atom stereocenters. The van der Waals surface area contributed by atoms with Gasteiger partial charge in [0.25, 0.3) is 0 Å². The van der Waals surface area contributed by atoms with Gasteiger partial charge in [0.1, 0.15) is 11.6 Å². The summed E-state index contributed by atoms with van der Waals surface area (Å²) in [6.45, 7) is 5.73. The van der Waals surface area contributed by atoms with Crippen molar-refractivity contribution < 1.29 is 4.79 Å². The SMILES string of the molecule is CCCNC(=O)CNc1cc(NCC)nc(SC)n1. The minimum absolute atomic E-state index is 0.0313. The van der Waals surface area contributed by atoms with Crippen LogP contribution < -0.4 is 16.0 Å². The van der Waals surface area contributed by atoms with Gasteiger partial charge in [-0.2, -0.15) is 0 Å². The van der Waals surface area contributed by atoms with Crippen LogP contribution in [0.4, 0.5) is 11.6 Å². The Morgan fingerprint density at radius 3 is 2.53 bits per heavy atom. The predicted octanol–water partition coefficient (Wildman–Crippen LogP) is 1.57. The third-order valence-electron chi connectivity index (χ3n) is 2.25. The van der Waals surface area contributed by atoms with E-state index >= 15 is 0 Å². The van der Waals surface area contributed by atoms with Crippen molar-refractivity contribution in [3.8, 4) is 0 Å². The van der Waals surface area contributed by atoms with Crippen molar-refractivity contribution in [1.82, 2.24) is 15.3 Å². The van der Waals surface area contributed by atoms with Gasteiger partial charge in [0.05, 0.1) is 6.54 Å². The molecule has 7 heteroatoms. The summed E-state index contributed by atoms with van der Waals surface area (Å²) in [4.78, 5) is 20.1. The lowest BCUT2D eigenvalue weighted by molar-refractivity contribution is -0.119. The van der Waals surface area contributed by atoms with E-state index < -0.39 is 0 Å². The molecule has 1 aromatic heterocycles. The summed E-state index contributed by atoms with van der Waals surface area (Å²) in [7, 11) is 0. The standard InChI is InChI=1S/C12H21N5OS/c1-4-6-14-11(18)8-15-10-7-9(13-5-2)16-12(17-10)19-3/h7H,4-6,8H2,1-3H3,(H,14,18)(H2,13,15,16,17). The number of hydrogen-bond donors (Lipinski definition) is 3. The van der Waals surface area contributed by atoms with Crippen LogP contribution in [-0.2, 0) is 4.79 Å². The van der Waals surface area contributed by atoms with Crippen molar-refractivity contribution in [3.05, 3.63) is 6.07 Å². The Balaban J connectivity index is 2.61. The molecule has 0 aliphatic rings. The highest BCUT2D eigenvalue weighted by Crippen LogP contribution is 2.16. The highest BCUT2D eigenvalue weighted by Gasteiger charge is 2.05. The Hall–Kier alpha value is -1.50. The summed E-state index contributed by atoms with van der Waals surface area (Å²) in [5, 5.41) is 9.63. The zero-order valence-electron chi connectivity index (χ0n) is 11.6. The summed E-state index contributed by atoms with van der Waals surface area (Å²) in [6.07, 6.45) is 2.85. The minimum atomic E-state index is -0.0313. The van der Waals surface area contributed by atoms with E-state index in [1.54, 1.807) is 6.07 Å². The zero-order valence-corrected chi connectivity index (χ0v) is 12.4. The fraction of sp³-hybridized carbons (Fsp3) is 0.583. The number of thioether (sulfide) groups is 1. The van der Waals surface area contributed by atoms with Crippen LogP contribution >= 0.6 is 11.8 Å². The van der Waals surface area contributed by atoms with Gasteiger partial charge in [-0.05, 0) is 19.6 Å². The summed E-state index contributed by atoms with van der Waals surface area (Å²) >= 11 is 1.47. The molecule has 106 valence electrons. The first-order valence-electron chi connectivity index (χ1n) is 6.37. The van der Waals surface area contributed by atoms with Gasteiger partial charge in [-0.15, -0.1) is 0 Å². The molecule has 3 N–H and O–H groups in total. The molecular weight excluding hydrogens is 262 g/mol. The van der Waals surface area contributed by atoms with Gasteiger partial charge in [-0.1, -0.05) is 18.7 Å². The van der Waals surface area contributed by atoms with Crippen LogP contribution in [0.1, 0.15) is 20.3 Å². The first-order valence-corrected chi connectivity index (χ1v) is 7.59. The molecule has 1 amide bonds. The number of carbonyl (C=O) groups is 1. The van der Waals surface area contributed by atoms with E-state index in [4.69, 9.17) is 0 Å². The van der Waals surface area contributed by atoms with Crippen LogP contribution in [0, 0.1) is 0 Å². The molecular formula is C12H21N5OS. The molecule has 0 aliphatic carbocycles. The van der Waals surface area contributed by atoms with E-state index in [1.165, 1.54) is 11.8 Å². The lowest BCUT2D eigenvalue weighted by atomic mass is 10.4. The van der Waals surface area contributed by atoms with Gasteiger partial charge in [0.15, 0.2) is 5.16 Å². The van der Waals surface area contributed by atoms with E-state index in [0.29, 0.717) is 17.5 Å². The largest absolute Gasteiger partial charge is 0.370 e. The van der Waals surface area contributed by atoms with Crippen molar-refractivity contribution >= 4 is 29.3 Å². The van der Waals surface area contributed by atoms with Gasteiger partial charge in [-0.25, -0.2) is 9.97 Å². The van der Waals surface area contributed by atoms with E-state index in [9.17, 15) is 4.79 Å². The Labute approximate surface area is 118 Å². The number of hydrogen-bond acceptors (Lipinski definition) is 6. The van der Waals surface area contributed by atoms with Gasteiger partial charge in [-0.3, -0.25) is 4.79 Å². The average Bonchev–Trinajstić information content (AvgIpc) is 2.43. The Kier molecular flexibility index (Phi) is 7.02. The molecule has 0 aliphatic heterocycles. The van der Waals surface area contributed by atoms with Gasteiger partial charge in [0.2, 0.25) is 5.91 Å². The number of rotatable bonds is 8. The molecule has 1 rings (SSSR count). The van der Waals surface area contributed by atoms with Crippen LogP contribution in [-0.4, -0.2) is 41.8 Å². The smallest absolute Gasteiger partial charge is 0.239 e. The average molecular weight is 283 g/mol. The van der Waals surface area contributed by atoms with Gasteiger partial charge >= 0.3 is 0 Å². The Bertz CT molecular complexity index is 413. The maximum atomic E-state index is 11.5. The van der Waals surface area contributed by atoms with Crippen molar-refractivity contribution in [3.63, 3.8) is 0 Å². The molecule has 0 saturated carbocycles. The topological polar surface area (TPSA) is 78.9 Å². The number of amides is 1. The Morgan fingerprint density at radius 2 is 1.95 bits per heavy atom. The van der Waals surface area contributed by atoms with E-state index in [-0.39, 0.29) is 12.5 Å². The lowest BCUT2D eigenvalue weighted by Gasteiger charge is -2.09. The summed E-state index contributed by atoms with van der Waals surface area (Å²) in [5.74, 6) is 1.39. The maximum absolute atomic E-state index is 11.5. The van der Waals surface area contributed by atoms with Crippen LogP contribution in [0.5, 0.6) is 0 Å². The fourth-order valence-electron chi connectivity index (χ4n) is 1.38. The second kappa shape index (κ2) is 8.58. The maximum Gasteiger partial charge on any atom is 0.239 e. The number of aromatic nitrogens is 2. The molecule has 0 saturated heterocycles. The number of nitrogens with one attached hydrogen (secondary N) is 3. The van der Waals surface area contributed by atoms with Crippen molar-refractivity contribution in [1.29, 1.82) is 0 Å². The quantitative estimate of drug-likeness (QED) is 0.496. The van der Waals surface area contributed by atoms with Crippen LogP contribution in [0.3, 0.4) is 0 Å². The minimum Gasteiger partial charge on any atom is -0.370 e. The second-order valence-corrected chi connectivity index (χ2v) is 4.63. The summed E-state index contributed by atoms with van der Waals surface area (Å²) in [6, 6.07) is 1.80. The molecule has 6 nitrogen and oxygen atoms in total. The number of nitrogens with zero attached hydrogens (tertiary/aromatic N) is 2. The van der Waals surface area contributed by atoms with E-state index in [1.807, 2.05) is 20.1 Å². The molecule has 0 bridgehead atoms. The van der Waals surface area contributed by atoms with Crippen molar-refractivity contribution in [2.24, 2.45) is 0 Å². The number of anilines is 2. The summed E-state index contributed by atoms with van der Waals surface area (Å²) in [5.41, 5.74) is 0. The fourth-order valence-corrected chi connectivity index (χ4v) is 1.76. The predicted molar refractivity (Wildman–Crippen MR) is 79.8 cm³/mol. The monoisotopic (exact) mass is 283 g/mol. The molecule has 0 aromatic carbocycles. The molecule has 1 aromatic rings. The molecule has 1 heterocycles. The highest BCUT2D eigenvalue weighted by atomic mass is 32.2. The normalized spacial score (nSPS) is 10.1. The highest BCUT2D eigenvalue weighted by molar-refractivity contribution is 7.98. The molecule has 0 fully saturated rings. The molecule has 19 heavy (non-hydrogen) atoms. The second-order valence-electron chi connectivity index (χ2n) is 3.86. The van der Waals surface area contributed by atoms with Crippen molar-refractivity contribution in [2.75, 3.05) is 36.5 Å². The third-order valence-corrected chi connectivity index (χ3v) is 2.80. The first kappa shape index (κ1) is 15.6. The first-order chi connectivity index (χ1) is 9.19. The van der Waals surface area contributed by atoms with Gasteiger partial charge < -0.3 is 16.0 Å². The van der Waals surface area contributed by atoms with Gasteiger partial charge in [0, 0.05) is 19.2 Å². The third kappa shape index (κ3) is 5.78. The van der Waals surface area contributed by atoms with Crippen molar-refractivity contribution in [2.45, 2.75) is 25.4 Å². The molecule has 0 unspecified atom stereocenters. The number of carbonyl (C=O) groups excluding carboxylic acids is 1. The lowest BCUT2D eigenvalue weighted by Crippen LogP contribution is -2.30. The van der Waals surface area contributed by atoms with E-state index in [0.717, 1.165) is 18.8 Å².